The van der Waals surface area contributed by atoms with E-state index in [0.29, 0.717) is 11.5 Å². The molecule has 0 spiro atoms. The van der Waals surface area contributed by atoms with E-state index in [1.54, 1.807) is 6.07 Å². The van der Waals surface area contributed by atoms with Gasteiger partial charge in [-0.3, -0.25) is 4.90 Å². The Morgan fingerprint density at radius 1 is 1.27 bits per heavy atom. The van der Waals surface area contributed by atoms with Gasteiger partial charge >= 0.3 is 5.97 Å². The smallest absolute Gasteiger partial charge is 0.351 e. The fourth-order valence-electron chi connectivity index (χ4n) is 2.95. The van der Waals surface area contributed by atoms with Crippen LogP contribution in [0.4, 0.5) is 0 Å². The Hall–Kier alpha value is -1.75. The van der Waals surface area contributed by atoms with Crippen LogP contribution in [-0.4, -0.2) is 49.3 Å². The zero-order valence-electron chi connectivity index (χ0n) is 13.0. The first-order valence-corrected chi connectivity index (χ1v) is 8.04. The van der Waals surface area contributed by atoms with E-state index in [-0.39, 0.29) is 18.7 Å². The molecule has 2 heterocycles. The minimum atomic E-state index is -0.682. The molecular weight excluding hydrogens is 282 g/mol. The molecule has 120 valence electrons. The second kappa shape index (κ2) is 7.01. The summed E-state index contributed by atoms with van der Waals surface area (Å²) in [4.78, 5) is 14.6. The Labute approximate surface area is 131 Å². The van der Waals surface area contributed by atoms with Crippen LogP contribution in [0.25, 0.3) is 0 Å². The number of hydrogen-bond donors (Lipinski definition) is 0. The van der Waals surface area contributed by atoms with Gasteiger partial charge in [0, 0.05) is 6.54 Å². The summed E-state index contributed by atoms with van der Waals surface area (Å²) >= 11 is 0. The van der Waals surface area contributed by atoms with E-state index >= 15 is 0 Å². The number of fused-ring (bicyclic) bond motifs is 1. The molecule has 0 N–H and O–H groups in total. The van der Waals surface area contributed by atoms with E-state index in [1.165, 1.54) is 19.3 Å². The molecule has 2 atom stereocenters. The van der Waals surface area contributed by atoms with Gasteiger partial charge in [0.25, 0.3) is 0 Å². The summed E-state index contributed by atoms with van der Waals surface area (Å²) in [6, 6.07) is 7.36. The first-order valence-electron chi connectivity index (χ1n) is 8.04. The van der Waals surface area contributed by atoms with Gasteiger partial charge in [0.15, 0.2) is 11.5 Å². The number of nitrogens with zero attached hydrogens (tertiary/aromatic N) is 1. The molecule has 22 heavy (non-hydrogen) atoms. The van der Waals surface area contributed by atoms with Gasteiger partial charge in [0.05, 0.1) is 0 Å². The lowest BCUT2D eigenvalue weighted by Gasteiger charge is -2.30. The summed E-state index contributed by atoms with van der Waals surface area (Å²) in [7, 11) is 0. The van der Waals surface area contributed by atoms with Crippen molar-refractivity contribution in [3.8, 4) is 11.5 Å². The van der Waals surface area contributed by atoms with Crippen molar-refractivity contribution >= 4 is 5.97 Å². The van der Waals surface area contributed by atoms with Crippen molar-refractivity contribution < 1.29 is 19.0 Å². The Morgan fingerprint density at radius 2 is 2.00 bits per heavy atom. The van der Waals surface area contributed by atoms with Gasteiger partial charge in [0.1, 0.15) is 12.7 Å². The molecule has 5 heteroatoms. The van der Waals surface area contributed by atoms with Crippen molar-refractivity contribution in [2.75, 3.05) is 26.2 Å². The average molecular weight is 305 g/mol. The molecule has 0 aromatic heterocycles. The standard InChI is InChI=1S/C17H23NO4/c1-13(11-18-9-5-2-6-10-18)21-17(19)16-12-20-14-7-3-4-8-15(14)22-16/h3-4,7-8,13,16H,2,5-6,9-12H2,1H3. The van der Waals surface area contributed by atoms with E-state index in [1.807, 2.05) is 25.1 Å². The molecule has 5 nitrogen and oxygen atoms in total. The molecule has 0 radical (unpaired) electrons. The number of para-hydroxylation sites is 2. The molecule has 1 saturated heterocycles. The highest BCUT2D eigenvalue weighted by atomic mass is 16.6. The molecular formula is C17H23NO4. The van der Waals surface area contributed by atoms with Crippen molar-refractivity contribution in [3.63, 3.8) is 0 Å². The van der Waals surface area contributed by atoms with Crippen LogP contribution in [0, 0.1) is 0 Å². The lowest BCUT2D eigenvalue weighted by molar-refractivity contribution is -0.160. The Balaban J connectivity index is 1.49. The third kappa shape index (κ3) is 3.71. The molecule has 1 aromatic rings. The zero-order chi connectivity index (χ0) is 15.4. The van der Waals surface area contributed by atoms with Crippen LogP contribution in [0.15, 0.2) is 24.3 Å². The van der Waals surface area contributed by atoms with Crippen LogP contribution in [0.2, 0.25) is 0 Å². The monoisotopic (exact) mass is 305 g/mol. The predicted octanol–water partition coefficient (Wildman–Crippen LogP) is 2.24. The SMILES string of the molecule is CC(CN1CCCCC1)OC(=O)C1COc2ccccc2O1. The number of likely N-dealkylation sites (tertiary alicyclic amines) is 1. The average Bonchev–Trinajstić information content (AvgIpc) is 2.55. The van der Waals surface area contributed by atoms with Crippen LogP contribution >= 0.6 is 0 Å². The van der Waals surface area contributed by atoms with Gasteiger partial charge in [0.2, 0.25) is 6.10 Å². The van der Waals surface area contributed by atoms with Crippen molar-refractivity contribution in [1.29, 1.82) is 0 Å². The number of esters is 1. The number of carbonyl (C=O) groups excluding carboxylic acids is 1. The molecule has 0 saturated carbocycles. The van der Waals surface area contributed by atoms with Gasteiger partial charge in [-0.05, 0) is 45.0 Å². The lowest BCUT2D eigenvalue weighted by atomic mass is 10.1. The number of ether oxygens (including phenoxy) is 3. The predicted molar refractivity (Wildman–Crippen MR) is 82.2 cm³/mol. The largest absolute Gasteiger partial charge is 0.485 e. The summed E-state index contributed by atoms with van der Waals surface area (Å²) in [5.74, 6) is 0.923. The van der Waals surface area contributed by atoms with Crippen LogP contribution in [0.3, 0.4) is 0 Å². The summed E-state index contributed by atoms with van der Waals surface area (Å²) < 4.78 is 16.7. The molecule has 1 aromatic carbocycles. The molecule has 0 amide bonds. The van der Waals surface area contributed by atoms with Crippen LogP contribution < -0.4 is 9.47 Å². The fourth-order valence-corrected chi connectivity index (χ4v) is 2.95. The first kappa shape index (κ1) is 15.2. The minimum absolute atomic E-state index is 0.133. The van der Waals surface area contributed by atoms with Gasteiger partial charge in [-0.15, -0.1) is 0 Å². The zero-order valence-corrected chi connectivity index (χ0v) is 13.0. The summed E-state index contributed by atoms with van der Waals surface area (Å²) in [6.07, 6.45) is 2.95. The molecule has 0 aliphatic carbocycles. The van der Waals surface area contributed by atoms with Gasteiger partial charge in [-0.2, -0.15) is 0 Å². The van der Waals surface area contributed by atoms with Crippen molar-refractivity contribution in [1.82, 2.24) is 4.90 Å². The summed E-state index contributed by atoms with van der Waals surface area (Å²) in [5, 5.41) is 0. The summed E-state index contributed by atoms with van der Waals surface area (Å²) in [6.45, 7) is 5.11. The van der Waals surface area contributed by atoms with E-state index < -0.39 is 6.10 Å². The maximum Gasteiger partial charge on any atom is 0.351 e. The third-order valence-corrected chi connectivity index (χ3v) is 4.05. The maximum absolute atomic E-state index is 12.2. The number of carbonyl (C=O) groups is 1. The highest BCUT2D eigenvalue weighted by Gasteiger charge is 2.30. The maximum atomic E-state index is 12.2. The highest BCUT2D eigenvalue weighted by Crippen LogP contribution is 2.31. The molecule has 3 rings (SSSR count). The van der Waals surface area contributed by atoms with Crippen LogP contribution in [-0.2, 0) is 9.53 Å². The van der Waals surface area contributed by atoms with Crippen molar-refractivity contribution in [3.05, 3.63) is 24.3 Å². The van der Waals surface area contributed by atoms with Crippen molar-refractivity contribution in [2.45, 2.75) is 38.4 Å². The number of rotatable bonds is 4. The topological polar surface area (TPSA) is 48.0 Å². The van der Waals surface area contributed by atoms with Crippen LogP contribution in [0.5, 0.6) is 11.5 Å². The van der Waals surface area contributed by atoms with E-state index in [9.17, 15) is 4.79 Å². The third-order valence-electron chi connectivity index (χ3n) is 4.05. The molecule has 0 bridgehead atoms. The Morgan fingerprint density at radius 3 is 2.77 bits per heavy atom. The Bertz CT molecular complexity index is 513. The molecule has 2 aliphatic rings. The first-order chi connectivity index (χ1) is 10.7. The highest BCUT2D eigenvalue weighted by molar-refractivity contribution is 5.76. The van der Waals surface area contributed by atoms with E-state index in [2.05, 4.69) is 4.90 Å². The lowest BCUT2D eigenvalue weighted by Crippen LogP contribution is -2.42. The number of benzene rings is 1. The Kier molecular flexibility index (Phi) is 4.83. The number of hydrogen-bond acceptors (Lipinski definition) is 5. The number of piperidine rings is 1. The molecule has 2 aliphatic heterocycles. The fraction of sp³-hybridized carbons (Fsp3) is 0.588. The molecule has 2 unspecified atom stereocenters. The van der Waals surface area contributed by atoms with E-state index in [4.69, 9.17) is 14.2 Å². The normalized spacial score (nSPS) is 22.9. The quantitative estimate of drug-likeness (QED) is 0.799. The van der Waals surface area contributed by atoms with Crippen molar-refractivity contribution in [2.24, 2.45) is 0 Å². The summed E-state index contributed by atoms with van der Waals surface area (Å²) in [5.41, 5.74) is 0. The molecule has 1 fully saturated rings. The van der Waals surface area contributed by atoms with Crippen LogP contribution in [0.1, 0.15) is 26.2 Å². The minimum Gasteiger partial charge on any atom is -0.485 e. The van der Waals surface area contributed by atoms with Gasteiger partial charge in [-0.25, -0.2) is 4.79 Å². The van der Waals surface area contributed by atoms with Gasteiger partial charge in [-0.1, -0.05) is 18.6 Å². The van der Waals surface area contributed by atoms with Gasteiger partial charge < -0.3 is 14.2 Å². The van der Waals surface area contributed by atoms with E-state index in [0.717, 1.165) is 19.6 Å². The second-order valence-electron chi connectivity index (χ2n) is 5.97. The second-order valence-corrected chi connectivity index (χ2v) is 5.97.